The van der Waals surface area contributed by atoms with Crippen LogP contribution in [0.5, 0.6) is 11.5 Å². The fourth-order valence-electron chi connectivity index (χ4n) is 8.25. The molecular formula is C28H29NO4. The van der Waals surface area contributed by atoms with Crippen LogP contribution in [0.25, 0.3) is 0 Å². The number of piperidine rings is 1. The maximum Gasteiger partial charge on any atom is 0.184 e. The van der Waals surface area contributed by atoms with Crippen molar-refractivity contribution in [2.45, 2.75) is 67.6 Å². The average molecular weight is 444 g/mol. The lowest BCUT2D eigenvalue weighted by atomic mass is 9.44. The molecule has 3 aliphatic carbocycles. The summed E-state index contributed by atoms with van der Waals surface area (Å²) in [5.41, 5.74) is 2.59. The van der Waals surface area contributed by atoms with Crippen molar-refractivity contribution in [1.82, 2.24) is 4.90 Å². The van der Waals surface area contributed by atoms with Crippen LogP contribution in [0.3, 0.4) is 0 Å². The Kier molecular flexibility index (Phi) is 3.65. The van der Waals surface area contributed by atoms with Crippen LogP contribution < -0.4 is 4.74 Å². The van der Waals surface area contributed by atoms with Gasteiger partial charge in [-0.15, -0.1) is 0 Å². The normalized spacial score (nSPS) is 37.6. The highest BCUT2D eigenvalue weighted by Crippen LogP contribution is 2.68. The van der Waals surface area contributed by atoms with Crippen LogP contribution in [-0.2, 0) is 28.5 Å². The molecule has 5 heteroatoms. The van der Waals surface area contributed by atoms with Gasteiger partial charge in [0.15, 0.2) is 23.4 Å². The third-order valence-electron chi connectivity index (χ3n) is 9.43. The minimum Gasteiger partial charge on any atom is -0.504 e. The molecule has 5 aliphatic rings. The van der Waals surface area contributed by atoms with Gasteiger partial charge in [0.25, 0.3) is 0 Å². The average Bonchev–Trinajstić information content (AvgIpc) is 3.32. The van der Waals surface area contributed by atoms with Crippen LogP contribution in [-0.4, -0.2) is 51.7 Å². The second-order valence-corrected chi connectivity index (χ2v) is 11.0. The Morgan fingerprint density at radius 1 is 1.21 bits per heavy atom. The maximum atomic E-state index is 14.4. The van der Waals surface area contributed by atoms with Gasteiger partial charge in [-0.05, 0) is 61.8 Å². The highest BCUT2D eigenvalue weighted by atomic mass is 16.5. The zero-order valence-corrected chi connectivity index (χ0v) is 18.9. The van der Waals surface area contributed by atoms with E-state index in [1.807, 2.05) is 25.1 Å². The molecule has 1 saturated carbocycles. The molecule has 2 N–H and O–H groups in total. The highest BCUT2D eigenvalue weighted by molar-refractivity contribution is 5.99. The molecule has 5 atom stereocenters. The molecule has 1 saturated heterocycles. The summed E-state index contributed by atoms with van der Waals surface area (Å²) < 4.78 is 6.41. The van der Waals surface area contributed by atoms with Gasteiger partial charge in [0.1, 0.15) is 0 Å². The molecule has 2 aliphatic heterocycles. The van der Waals surface area contributed by atoms with Gasteiger partial charge in [0, 0.05) is 24.7 Å². The number of aromatic hydroxyl groups is 1. The fourth-order valence-corrected chi connectivity index (χ4v) is 8.25. The van der Waals surface area contributed by atoms with Gasteiger partial charge in [0.2, 0.25) is 0 Å². The summed E-state index contributed by atoms with van der Waals surface area (Å²) in [5, 5.41) is 23.6. The number of Topliss-reactive ketones (excluding diaryl/α,β-unsaturated/α-hetero) is 1. The summed E-state index contributed by atoms with van der Waals surface area (Å²) in [4.78, 5) is 16.8. The predicted molar refractivity (Wildman–Crippen MR) is 124 cm³/mol. The first-order valence-corrected chi connectivity index (χ1v) is 12.1. The summed E-state index contributed by atoms with van der Waals surface area (Å²) in [6, 6.07) is 11.7. The monoisotopic (exact) mass is 443 g/mol. The number of phenols is 1. The molecule has 0 aromatic heterocycles. The van der Waals surface area contributed by atoms with E-state index < -0.39 is 22.5 Å². The number of nitrogens with zero attached hydrogens (tertiary/aromatic N) is 1. The Labute approximate surface area is 193 Å². The number of benzene rings is 2. The van der Waals surface area contributed by atoms with Crippen LogP contribution >= 0.6 is 0 Å². The van der Waals surface area contributed by atoms with Crippen molar-refractivity contribution in [2.24, 2.45) is 0 Å². The molecule has 2 aromatic carbocycles. The van der Waals surface area contributed by atoms with E-state index >= 15 is 0 Å². The molecular weight excluding hydrogens is 414 g/mol. The van der Waals surface area contributed by atoms with Crippen LogP contribution in [0.15, 0.2) is 48.6 Å². The van der Waals surface area contributed by atoms with Gasteiger partial charge in [-0.2, -0.15) is 0 Å². The number of hydrogen-bond donors (Lipinski definition) is 2. The predicted octanol–water partition coefficient (Wildman–Crippen LogP) is 3.19. The summed E-state index contributed by atoms with van der Waals surface area (Å²) >= 11 is 0. The van der Waals surface area contributed by atoms with Crippen LogP contribution in [0.1, 0.15) is 48.4 Å². The Morgan fingerprint density at radius 2 is 2.03 bits per heavy atom. The largest absolute Gasteiger partial charge is 0.504 e. The molecule has 2 aromatic rings. The van der Waals surface area contributed by atoms with Crippen LogP contribution in [0.2, 0.25) is 0 Å². The number of phenolic OH excluding ortho intramolecular Hbond substituents is 1. The second-order valence-electron chi connectivity index (χ2n) is 11.0. The van der Waals surface area contributed by atoms with Gasteiger partial charge in [-0.25, -0.2) is 0 Å². The summed E-state index contributed by atoms with van der Waals surface area (Å²) in [7, 11) is 0. The third kappa shape index (κ3) is 2.10. The number of carbonyl (C=O) groups excluding carboxylic acids is 1. The smallest absolute Gasteiger partial charge is 0.184 e. The number of likely N-dealkylation sites (tertiary alicyclic amines) is 1. The molecule has 0 amide bonds. The van der Waals surface area contributed by atoms with E-state index in [4.69, 9.17) is 4.74 Å². The molecule has 0 radical (unpaired) electrons. The number of aryl methyl sites for hydroxylation is 1. The summed E-state index contributed by atoms with van der Waals surface area (Å²) in [5.74, 6) is 0.559. The van der Waals surface area contributed by atoms with E-state index in [0.29, 0.717) is 31.4 Å². The van der Waals surface area contributed by atoms with E-state index in [1.54, 1.807) is 6.07 Å². The number of rotatable bonds is 2. The molecule has 5 nitrogen and oxygen atoms in total. The van der Waals surface area contributed by atoms with Crippen molar-refractivity contribution in [3.05, 3.63) is 70.8 Å². The van der Waals surface area contributed by atoms with E-state index in [2.05, 4.69) is 23.6 Å². The maximum absolute atomic E-state index is 14.4. The number of carbonyl (C=O) groups is 1. The second kappa shape index (κ2) is 6.08. The molecule has 2 spiro atoms. The lowest BCUT2D eigenvalue weighted by molar-refractivity contribution is -0.200. The van der Waals surface area contributed by atoms with E-state index in [-0.39, 0.29) is 17.6 Å². The Hall–Kier alpha value is -2.63. The highest BCUT2D eigenvalue weighted by Gasteiger charge is 2.77. The molecule has 33 heavy (non-hydrogen) atoms. The van der Waals surface area contributed by atoms with Crippen molar-refractivity contribution in [3.8, 4) is 11.5 Å². The lowest BCUT2D eigenvalue weighted by Crippen LogP contribution is -2.79. The number of fused-ring (bicyclic) bond motifs is 2. The fraction of sp³-hybridized carbons (Fsp3) is 0.464. The summed E-state index contributed by atoms with van der Waals surface area (Å²) in [6.45, 7) is 7.67. The zero-order valence-electron chi connectivity index (χ0n) is 18.9. The lowest BCUT2D eigenvalue weighted by Gasteiger charge is -2.65. The molecule has 2 heterocycles. The van der Waals surface area contributed by atoms with Crippen LogP contribution in [0, 0.1) is 0 Å². The molecule has 2 bridgehead atoms. The van der Waals surface area contributed by atoms with Crippen molar-refractivity contribution in [3.63, 3.8) is 0 Å². The number of aliphatic hydroxyl groups is 1. The summed E-state index contributed by atoms with van der Waals surface area (Å²) in [6.07, 6.45) is 2.47. The van der Waals surface area contributed by atoms with Gasteiger partial charge in [-0.1, -0.05) is 42.5 Å². The quantitative estimate of drug-likeness (QED) is 0.698. The van der Waals surface area contributed by atoms with Gasteiger partial charge >= 0.3 is 0 Å². The molecule has 2 fully saturated rings. The topological polar surface area (TPSA) is 70.0 Å². The minimum atomic E-state index is -1.14. The van der Waals surface area contributed by atoms with Crippen molar-refractivity contribution in [1.29, 1.82) is 0 Å². The molecule has 170 valence electrons. The SMILES string of the molecule is C=C(C)CN1CCC23c4c5ccc(O)c4O[C@H]2C(=O)C2(CCc4ccccc42)C[C@@]3(O)C1C5. The zero-order chi connectivity index (χ0) is 22.8. The van der Waals surface area contributed by atoms with E-state index in [1.165, 1.54) is 5.56 Å². The number of hydrogen-bond acceptors (Lipinski definition) is 5. The first-order valence-electron chi connectivity index (χ1n) is 12.1. The van der Waals surface area contributed by atoms with E-state index in [9.17, 15) is 15.0 Å². The van der Waals surface area contributed by atoms with Crippen LogP contribution in [0.4, 0.5) is 0 Å². The minimum absolute atomic E-state index is 0.0661. The number of ketones is 1. The molecule has 7 rings (SSSR count). The van der Waals surface area contributed by atoms with Crippen molar-refractivity contribution in [2.75, 3.05) is 13.1 Å². The van der Waals surface area contributed by atoms with E-state index in [0.717, 1.165) is 41.8 Å². The standard InChI is InChI=1S/C28H29NO4/c1-16(2)14-29-12-11-27-22-18-7-8-20(30)23(22)33-25(27)24(31)26(15-28(27,32)21(29)13-18)10-9-17-5-3-4-6-19(17)26/h3-8,21,25,30,32H,1,9-15H2,2H3/t21?,25-,26?,27?,28+/m0/s1. The van der Waals surface area contributed by atoms with Gasteiger partial charge in [0.05, 0.1) is 16.4 Å². The first kappa shape index (κ1) is 19.8. The third-order valence-corrected chi connectivity index (χ3v) is 9.43. The van der Waals surface area contributed by atoms with Crippen molar-refractivity contribution < 1.29 is 19.7 Å². The Balaban J connectivity index is 1.49. The van der Waals surface area contributed by atoms with Crippen molar-refractivity contribution >= 4 is 5.78 Å². The number of ether oxygens (including phenoxy) is 1. The first-order chi connectivity index (χ1) is 15.8. The Bertz CT molecular complexity index is 1250. The molecule has 3 unspecified atom stereocenters. The van der Waals surface area contributed by atoms with Gasteiger partial charge in [-0.3, -0.25) is 9.69 Å². The van der Waals surface area contributed by atoms with Gasteiger partial charge < -0.3 is 14.9 Å². The Morgan fingerprint density at radius 3 is 2.85 bits per heavy atom.